The molecule has 7 rings (SSSR count). The second-order valence-corrected chi connectivity index (χ2v) is 12.3. The van der Waals surface area contributed by atoms with Crippen molar-refractivity contribution in [3.63, 3.8) is 0 Å². The number of benzene rings is 2. The van der Waals surface area contributed by atoms with Gasteiger partial charge in [0.1, 0.15) is 5.69 Å². The molecule has 194 valence electrons. The molecule has 4 bridgehead atoms. The first-order valence-corrected chi connectivity index (χ1v) is 14.3. The van der Waals surface area contributed by atoms with Crippen molar-refractivity contribution in [3.05, 3.63) is 63.2 Å². The van der Waals surface area contributed by atoms with Crippen LogP contribution in [0.3, 0.4) is 0 Å². The average Bonchev–Trinajstić information content (AvgIpc) is 3.20. The molecule has 1 aromatic heterocycles. The lowest BCUT2D eigenvalue weighted by Gasteiger charge is -2.54. The number of rotatable bonds is 6. The van der Waals surface area contributed by atoms with E-state index in [2.05, 4.69) is 10.6 Å². The summed E-state index contributed by atoms with van der Waals surface area (Å²) in [5, 5.41) is 13.2. The van der Waals surface area contributed by atoms with Gasteiger partial charge in [-0.25, -0.2) is 4.79 Å². The van der Waals surface area contributed by atoms with Crippen molar-refractivity contribution in [3.8, 4) is 22.4 Å². The van der Waals surface area contributed by atoms with Crippen LogP contribution in [0.2, 0.25) is 15.1 Å². The number of amides is 1. The largest absolute Gasteiger partial charge is 0.342 e. The maximum absolute atomic E-state index is 13.3. The van der Waals surface area contributed by atoms with E-state index in [9.17, 15) is 4.79 Å². The molecule has 4 fully saturated rings. The van der Waals surface area contributed by atoms with Crippen molar-refractivity contribution in [2.75, 3.05) is 13.1 Å². The molecule has 2 N–H and O–H groups in total. The smallest absolute Gasteiger partial charge is 0.335 e. The predicted molar refractivity (Wildman–Crippen MR) is 150 cm³/mol. The van der Waals surface area contributed by atoms with Crippen LogP contribution in [0.4, 0.5) is 4.79 Å². The van der Waals surface area contributed by atoms with E-state index in [-0.39, 0.29) is 6.03 Å². The number of hydrogen-bond donors (Lipinski definition) is 2. The second kappa shape index (κ2) is 10.3. The standard InChI is InChI=1S/C29H31Cl3N4O/c1-16-26(19-2-4-22(30)5-3-19)28(24-7-6-23(31)15-25(24)32)35-36(16)29(37)34-9-8-33-27-20-11-17-10-18(13-20)14-21(27)12-17/h2-7,15,17-18,20-21,27,33H,8-14H2,1H3,(H,34,37). The van der Waals surface area contributed by atoms with Crippen molar-refractivity contribution in [1.29, 1.82) is 0 Å². The highest BCUT2D eigenvalue weighted by Crippen LogP contribution is 2.53. The molecule has 0 atom stereocenters. The first-order chi connectivity index (χ1) is 17.9. The minimum absolute atomic E-state index is 0.254. The van der Waals surface area contributed by atoms with Crippen molar-refractivity contribution >= 4 is 40.8 Å². The lowest BCUT2D eigenvalue weighted by molar-refractivity contribution is -0.0132. The van der Waals surface area contributed by atoms with E-state index < -0.39 is 0 Å². The Bertz CT molecular complexity index is 1290. The van der Waals surface area contributed by atoms with Crippen LogP contribution in [0.5, 0.6) is 0 Å². The Hall–Kier alpha value is -2.05. The molecule has 1 heterocycles. The van der Waals surface area contributed by atoms with Gasteiger partial charge < -0.3 is 10.6 Å². The van der Waals surface area contributed by atoms with Gasteiger partial charge in [0, 0.05) is 40.3 Å². The highest BCUT2D eigenvalue weighted by Gasteiger charge is 2.47. The molecule has 4 aliphatic carbocycles. The SMILES string of the molecule is Cc1c(-c2ccc(Cl)cc2)c(-c2ccc(Cl)cc2Cl)nn1C(=O)NCCNC1C2CC3CC(C2)CC1C3. The van der Waals surface area contributed by atoms with E-state index in [1.165, 1.54) is 36.8 Å². The molecule has 0 saturated heterocycles. The molecule has 0 radical (unpaired) electrons. The fraction of sp³-hybridized carbons (Fsp3) is 0.448. The van der Waals surface area contributed by atoms with Crippen LogP contribution in [0.15, 0.2) is 42.5 Å². The molecule has 37 heavy (non-hydrogen) atoms. The summed E-state index contributed by atoms with van der Waals surface area (Å²) >= 11 is 18.8. The Kier molecular flexibility index (Phi) is 7.00. The molecule has 0 unspecified atom stereocenters. The number of nitrogens with zero attached hydrogens (tertiary/aromatic N) is 2. The van der Waals surface area contributed by atoms with Crippen LogP contribution < -0.4 is 10.6 Å². The van der Waals surface area contributed by atoms with Crippen LogP contribution in [0.1, 0.15) is 37.8 Å². The van der Waals surface area contributed by atoms with Gasteiger partial charge in [0.05, 0.1) is 10.7 Å². The number of aromatic nitrogens is 2. The van der Waals surface area contributed by atoms with E-state index >= 15 is 0 Å². The first-order valence-electron chi connectivity index (χ1n) is 13.2. The van der Waals surface area contributed by atoms with E-state index in [0.29, 0.717) is 38.9 Å². The quantitative estimate of drug-likeness (QED) is 0.309. The van der Waals surface area contributed by atoms with E-state index in [1.807, 2.05) is 37.3 Å². The Morgan fingerprint density at radius 2 is 1.57 bits per heavy atom. The second-order valence-electron chi connectivity index (χ2n) is 11.0. The lowest BCUT2D eigenvalue weighted by atomic mass is 9.54. The number of nitrogens with one attached hydrogen (secondary N) is 2. The number of carbonyl (C=O) groups excluding carboxylic acids is 1. The van der Waals surface area contributed by atoms with Crippen LogP contribution in [-0.4, -0.2) is 34.9 Å². The van der Waals surface area contributed by atoms with Gasteiger partial charge in [-0.05, 0) is 98.6 Å². The zero-order valence-corrected chi connectivity index (χ0v) is 23.1. The molecular formula is C29H31Cl3N4O. The van der Waals surface area contributed by atoms with Crippen LogP contribution in [-0.2, 0) is 0 Å². The summed E-state index contributed by atoms with van der Waals surface area (Å²) in [7, 11) is 0. The summed E-state index contributed by atoms with van der Waals surface area (Å²) in [4.78, 5) is 13.3. The van der Waals surface area contributed by atoms with E-state index in [1.54, 1.807) is 12.1 Å². The fourth-order valence-corrected chi connectivity index (χ4v) is 7.90. The number of hydrogen-bond acceptors (Lipinski definition) is 3. The summed E-state index contributed by atoms with van der Waals surface area (Å²) in [6, 6.07) is 13.2. The third-order valence-electron chi connectivity index (χ3n) is 8.64. The highest BCUT2D eigenvalue weighted by atomic mass is 35.5. The fourth-order valence-electron chi connectivity index (χ4n) is 7.27. The maximum atomic E-state index is 13.3. The molecular weight excluding hydrogens is 527 g/mol. The highest BCUT2D eigenvalue weighted by molar-refractivity contribution is 6.36. The molecule has 5 nitrogen and oxygen atoms in total. The van der Waals surface area contributed by atoms with Gasteiger partial charge in [-0.3, -0.25) is 0 Å². The molecule has 0 aliphatic heterocycles. The van der Waals surface area contributed by atoms with Crippen LogP contribution in [0, 0.1) is 30.6 Å². The topological polar surface area (TPSA) is 59.0 Å². The number of carbonyl (C=O) groups is 1. The Morgan fingerprint density at radius 1 is 0.919 bits per heavy atom. The Morgan fingerprint density at radius 3 is 2.22 bits per heavy atom. The third-order valence-corrected chi connectivity index (χ3v) is 9.44. The third kappa shape index (κ3) is 4.92. The molecule has 1 amide bonds. The maximum Gasteiger partial charge on any atom is 0.342 e. The number of halogens is 3. The molecule has 3 aromatic rings. The van der Waals surface area contributed by atoms with Crippen molar-refractivity contribution in [2.45, 2.75) is 45.1 Å². The normalized spacial score (nSPS) is 26.0. The minimum Gasteiger partial charge on any atom is -0.335 e. The zero-order chi connectivity index (χ0) is 25.7. The Balaban J connectivity index is 1.19. The summed E-state index contributed by atoms with van der Waals surface area (Å²) < 4.78 is 1.44. The summed E-state index contributed by atoms with van der Waals surface area (Å²) in [5.74, 6) is 3.55. The predicted octanol–water partition coefficient (Wildman–Crippen LogP) is 7.46. The van der Waals surface area contributed by atoms with Crippen LogP contribution in [0.25, 0.3) is 22.4 Å². The summed E-state index contributed by atoms with van der Waals surface area (Å²) in [6.07, 6.45) is 6.99. The monoisotopic (exact) mass is 556 g/mol. The molecule has 2 aromatic carbocycles. The average molecular weight is 558 g/mol. The van der Waals surface area contributed by atoms with Gasteiger partial charge >= 0.3 is 6.03 Å². The van der Waals surface area contributed by atoms with Gasteiger partial charge in [-0.1, -0.05) is 46.9 Å². The summed E-state index contributed by atoms with van der Waals surface area (Å²) in [5.41, 5.74) is 3.82. The minimum atomic E-state index is -0.254. The van der Waals surface area contributed by atoms with Crippen LogP contribution >= 0.6 is 34.8 Å². The van der Waals surface area contributed by atoms with E-state index in [4.69, 9.17) is 39.9 Å². The Labute approximate surface area is 232 Å². The molecule has 4 saturated carbocycles. The summed E-state index contributed by atoms with van der Waals surface area (Å²) in [6.45, 7) is 3.21. The lowest BCUT2D eigenvalue weighted by Crippen LogP contribution is -2.55. The van der Waals surface area contributed by atoms with Crippen molar-refractivity contribution in [1.82, 2.24) is 20.4 Å². The molecule has 8 heteroatoms. The van der Waals surface area contributed by atoms with Gasteiger partial charge in [0.25, 0.3) is 0 Å². The zero-order valence-electron chi connectivity index (χ0n) is 20.8. The van der Waals surface area contributed by atoms with Gasteiger partial charge in [-0.15, -0.1) is 0 Å². The van der Waals surface area contributed by atoms with E-state index in [0.717, 1.165) is 47.0 Å². The molecule has 4 aliphatic rings. The van der Waals surface area contributed by atoms with Crippen molar-refractivity contribution in [2.24, 2.45) is 23.7 Å². The van der Waals surface area contributed by atoms with Gasteiger partial charge in [-0.2, -0.15) is 9.78 Å². The molecule has 0 spiro atoms. The van der Waals surface area contributed by atoms with Gasteiger partial charge in [0.15, 0.2) is 0 Å². The van der Waals surface area contributed by atoms with Crippen molar-refractivity contribution < 1.29 is 4.79 Å². The van der Waals surface area contributed by atoms with Gasteiger partial charge in [0.2, 0.25) is 0 Å². The first kappa shape index (κ1) is 25.2.